The summed E-state index contributed by atoms with van der Waals surface area (Å²) in [5, 5.41) is 0. The number of ketones is 1. The molecule has 0 atom stereocenters. The van der Waals surface area contributed by atoms with Crippen LogP contribution in [0.15, 0.2) is 146 Å². The van der Waals surface area contributed by atoms with Crippen LogP contribution in [0.5, 0.6) is 23.0 Å². The third kappa shape index (κ3) is 8.96. The molecule has 0 N–H and O–H groups in total. The molecule has 2 saturated carbocycles. The highest BCUT2D eigenvalue weighted by Gasteiger charge is 2.37. The molecule has 2 fully saturated rings. The van der Waals surface area contributed by atoms with Crippen molar-refractivity contribution in [1.82, 2.24) is 0 Å². The van der Waals surface area contributed by atoms with Gasteiger partial charge in [-0.3, -0.25) is 4.79 Å². The number of benzene rings is 6. The van der Waals surface area contributed by atoms with Crippen molar-refractivity contribution in [1.29, 1.82) is 0 Å². The van der Waals surface area contributed by atoms with Gasteiger partial charge in [0.05, 0.1) is 23.8 Å². The van der Waals surface area contributed by atoms with E-state index >= 15 is 0 Å². The molecule has 6 aromatic rings. The van der Waals surface area contributed by atoms with Gasteiger partial charge >= 0.3 is 17.9 Å². The Labute approximate surface area is 362 Å². The Balaban J connectivity index is 0.892. The summed E-state index contributed by atoms with van der Waals surface area (Å²) in [4.78, 5) is 51.1. The maximum atomic E-state index is 13.2. The van der Waals surface area contributed by atoms with E-state index in [4.69, 9.17) is 18.9 Å². The number of esters is 3. The molecule has 0 amide bonds. The van der Waals surface area contributed by atoms with E-state index in [0.29, 0.717) is 39.5 Å². The van der Waals surface area contributed by atoms with Gasteiger partial charge in [-0.1, -0.05) is 99.2 Å². The largest absolute Gasteiger partial charge is 0.497 e. The smallest absolute Gasteiger partial charge is 0.343 e. The summed E-state index contributed by atoms with van der Waals surface area (Å²) in [7, 11) is 1.68. The zero-order valence-electron chi connectivity index (χ0n) is 35.2. The number of carbonyl (C=O) groups excluding carboxylic acids is 4. The minimum atomic E-state index is -0.535. The molecule has 0 radical (unpaired) electrons. The topological polar surface area (TPSA) is 105 Å². The fourth-order valence-electron chi connectivity index (χ4n) is 9.34. The second-order valence-electron chi connectivity index (χ2n) is 16.5. The summed E-state index contributed by atoms with van der Waals surface area (Å²) in [6.07, 6.45) is 10.8. The molecule has 2 aliphatic rings. The van der Waals surface area contributed by atoms with Crippen molar-refractivity contribution in [2.45, 2.75) is 82.0 Å². The third-order valence-electron chi connectivity index (χ3n) is 12.8. The first-order valence-electron chi connectivity index (χ1n) is 21.5. The molecule has 8 heteroatoms. The van der Waals surface area contributed by atoms with Crippen LogP contribution in [-0.2, 0) is 10.8 Å². The van der Waals surface area contributed by atoms with Crippen molar-refractivity contribution in [2.75, 3.05) is 7.11 Å². The molecular formula is C54H50O8. The van der Waals surface area contributed by atoms with E-state index in [0.717, 1.165) is 74.7 Å². The lowest BCUT2D eigenvalue weighted by Gasteiger charge is -2.38. The van der Waals surface area contributed by atoms with Crippen molar-refractivity contribution < 1.29 is 38.1 Å². The summed E-state index contributed by atoms with van der Waals surface area (Å²) < 4.78 is 22.6. The average Bonchev–Trinajstić information content (AvgIpc) is 3.32. The molecule has 2 aliphatic carbocycles. The number of carbonyl (C=O) groups is 4. The third-order valence-corrected chi connectivity index (χ3v) is 12.8. The highest BCUT2D eigenvalue weighted by Crippen LogP contribution is 2.47. The molecule has 0 unspecified atom stereocenters. The van der Waals surface area contributed by atoms with Gasteiger partial charge in [0.2, 0.25) is 0 Å². The monoisotopic (exact) mass is 826 g/mol. The number of methoxy groups -OCH3 is 1. The SMILES string of the molecule is COc1ccc(C2(c3ccc(OC(=O)c4ccc(C(=O)Oc5ccc(C6(c7ccc(OC(=O)c8cccc(C(C)=O)c8)cc7)CCCCC6)cc5)cc4)cc3)CCCCC2)cc1. The Morgan fingerprint density at radius 2 is 0.710 bits per heavy atom. The maximum absolute atomic E-state index is 13.2. The zero-order valence-corrected chi connectivity index (χ0v) is 35.2. The lowest BCUT2D eigenvalue weighted by Crippen LogP contribution is -2.30. The van der Waals surface area contributed by atoms with Gasteiger partial charge in [0.15, 0.2) is 5.78 Å². The quantitative estimate of drug-likeness (QED) is 0.0682. The average molecular weight is 827 g/mol. The van der Waals surface area contributed by atoms with Crippen LogP contribution in [0.2, 0.25) is 0 Å². The van der Waals surface area contributed by atoms with Crippen LogP contribution in [0.4, 0.5) is 0 Å². The van der Waals surface area contributed by atoms with Gasteiger partial charge < -0.3 is 18.9 Å². The Hall–Kier alpha value is -6.80. The molecule has 6 aromatic carbocycles. The van der Waals surface area contributed by atoms with E-state index in [-0.39, 0.29) is 16.6 Å². The normalized spacial score (nSPS) is 15.5. The van der Waals surface area contributed by atoms with Crippen LogP contribution >= 0.6 is 0 Å². The number of rotatable bonds is 12. The first-order valence-corrected chi connectivity index (χ1v) is 21.5. The fraction of sp³-hybridized carbons (Fsp3) is 0.259. The van der Waals surface area contributed by atoms with Crippen LogP contribution in [0.3, 0.4) is 0 Å². The molecule has 0 spiro atoms. The van der Waals surface area contributed by atoms with E-state index in [1.54, 1.807) is 55.6 Å². The van der Waals surface area contributed by atoms with Gasteiger partial charge in [-0.25, -0.2) is 14.4 Å². The van der Waals surface area contributed by atoms with Crippen molar-refractivity contribution in [3.8, 4) is 23.0 Å². The van der Waals surface area contributed by atoms with Gasteiger partial charge in [-0.2, -0.15) is 0 Å². The van der Waals surface area contributed by atoms with Crippen molar-refractivity contribution in [2.24, 2.45) is 0 Å². The molecule has 8 nitrogen and oxygen atoms in total. The minimum absolute atomic E-state index is 0.0974. The summed E-state index contributed by atoms with van der Waals surface area (Å²) in [6.45, 7) is 1.46. The van der Waals surface area contributed by atoms with Crippen molar-refractivity contribution >= 4 is 23.7 Å². The molecule has 0 aliphatic heterocycles. The first-order chi connectivity index (χ1) is 30.2. The first kappa shape index (κ1) is 41.9. The summed E-state index contributed by atoms with van der Waals surface area (Å²) in [6, 6.07) is 44.3. The molecule has 8 rings (SSSR count). The van der Waals surface area contributed by atoms with Gasteiger partial charge in [0, 0.05) is 16.4 Å². The molecule has 0 aromatic heterocycles. The van der Waals surface area contributed by atoms with E-state index in [1.807, 2.05) is 72.8 Å². The van der Waals surface area contributed by atoms with Gasteiger partial charge in [0.25, 0.3) is 0 Å². The van der Waals surface area contributed by atoms with E-state index in [9.17, 15) is 19.2 Å². The van der Waals surface area contributed by atoms with E-state index in [2.05, 4.69) is 24.3 Å². The summed E-state index contributed by atoms with van der Waals surface area (Å²) >= 11 is 0. The predicted molar refractivity (Wildman–Crippen MR) is 238 cm³/mol. The number of ether oxygens (including phenoxy) is 4. The van der Waals surface area contributed by atoms with Gasteiger partial charge in [-0.15, -0.1) is 0 Å². The predicted octanol–water partition coefficient (Wildman–Crippen LogP) is 12.1. The van der Waals surface area contributed by atoms with Crippen LogP contribution in [0.1, 0.15) is 135 Å². The second-order valence-corrected chi connectivity index (χ2v) is 16.5. The molecule has 0 heterocycles. The molecule has 314 valence electrons. The summed E-state index contributed by atoms with van der Waals surface area (Å²) in [5.41, 5.74) is 5.76. The molecule has 0 saturated heterocycles. The Kier molecular flexibility index (Phi) is 12.5. The van der Waals surface area contributed by atoms with Crippen LogP contribution in [0.25, 0.3) is 0 Å². The zero-order chi connectivity index (χ0) is 43.1. The Bertz CT molecular complexity index is 2530. The van der Waals surface area contributed by atoms with Crippen LogP contribution in [0, 0.1) is 0 Å². The second kappa shape index (κ2) is 18.4. The van der Waals surface area contributed by atoms with Gasteiger partial charge in [0.1, 0.15) is 23.0 Å². The van der Waals surface area contributed by atoms with Crippen molar-refractivity contribution in [3.05, 3.63) is 190 Å². The molecular weight excluding hydrogens is 777 g/mol. The fourth-order valence-corrected chi connectivity index (χ4v) is 9.34. The number of hydrogen-bond acceptors (Lipinski definition) is 8. The standard InChI is InChI=1S/C54H50O8/c1-37(55)40-10-9-11-41(36-40)52(58)62-49-30-22-45(23-31-49)54(34-7-4-8-35-54)44-20-28-48(29-21-44)61-51(57)39-14-12-38(13-15-39)50(56)60-47-26-18-43(19-27-47)53(32-5-3-6-33-53)42-16-24-46(59-2)25-17-42/h9-31,36H,3-8,32-35H2,1-2H3. The van der Waals surface area contributed by atoms with Crippen LogP contribution in [-0.4, -0.2) is 30.8 Å². The number of hydrogen-bond donors (Lipinski definition) is 0. The summed E-state index contributed by atoms with van der Waals surface area (Å²) in [5.74, 6) is 0.426. The van der Waals surface area contributed by atoms with Crippen LogP contribution < -0.4 is 18.9 Å². The lowest BCUT2D eigenvalue weighted by atomic mass is 9.65. The number of Topliss-reactive ketones (excluding diaryl/α,β-unsaturated/α-hetero) is 1. The minimum Gasteiger partial charge on any atom is -0.497 e. The van der Waals surface area contributed by atoms with Gasteiger partial charge in [-0.05, 0) is 140 Å². The van der Waals surface area contributed by atoms with Crippen molar-refractivity contribution in [3.63, 3.8) is 0 Å². The Morgan fingerprint density at radius 1 is 0.387 bits per heavy atom. The van der Waals surface area contributed by atoms with E-state index < -0.39 is 17.9 Å². The molecule has 0 bridgehead atoms. The maximum Gasteiger partial charge on any atom is 0.343 e. The van der Waals surface area contributed by atoms with E-state index in [1.165, 1.54) is 24.5 Å². The molecule has 62 heavy (non-hydrogen) atoms. The highest BCUT2D eigenvalue weighted by molar-refractivity contribution is 5.98. The highest BCUT2D eigenvalue weighted by atomic mass is 16.5. The Morgan fingerprint density at radius 3 is 1.05 bits per heavy atom. The lowest BCUT2D eigenvalue weighted by molar-refractivity contribution is 0.0720.